The van der Waals surface area contributed by atoms with Gasteiger partial charge in [-0.1, -0.05) is 16.9 Å². The number of ether oxygens (including phenoxy) is 2. The average molecular weight is 386 g/mol. The van der Waals surface area contributed by atoms with Gasteiger partial charge in [-0.2, -0.15) is 4.98 Å². The van der Waals surface area contributed by atoms with Gasteiger partial charge in [0.1, 0.15) is 19.5 Å². The number of hydrogen-bond acceptors (Lipinski definition) is 9. The molecule has 1 aromatic carbocycles. The highest BCUT2D eigenvalue weighted by Crippen LogP contribution is 2.33. The van der Waals surface area contributed by atoms with Gasteiger partial charge in [-0.05, 0) is 25.0 Å². The van der Waals surface area contributed by atoms with E-state index in [9.17, 15) is 0 Å². The minimum Gasteiger partial charge on any atom is -0.486 e. The molecule has 0 unspecified atom stereocenters. The molecule has 2 aliphatic heterocycles. The highest BCUT2D eigenvalue weighted by atomic mass is 32.2. The van der Waals surface area contributed by atoms with Crippen molar-refractivity contribution < 1.29 is 14.0 Å². The van der Waals surface area contributed by atoms with E-state index < -0.39 is 0 Å². The van der Waals surface area contributed by atoms with Crippen molar-refractivity contribution in [2.75, 3.05) is 31.2 Å². The zero-order valence-electron chi connectivity index (χ0n) is 14.6. The summed E-state index contributed by atoms with van der Waals surface area (Å²) >= 11 is 1.51. The largest absolute Gasteiger partial charge is 0.486 e. The molecule has 3 aromatic rings. The lowest BCUT2D eigenvalue weighted by Crippen LogP contribution is -2.17. The molecule has 0 N–H and O–H groups in total. The van der Waals surface area contributed by atoms with Gasteiger partial charge in [-0.3, -0.25) is 4.57 Å². The van der Waals surface area contributed by atoms with Crippen molar-refractivity contribution in [3.63, 3.8) is 0 Å². The molecule has 140 valence electrons. The third kappa shape index (κ3) is 3.32. The van der Waals surface area contributed by atoms with Gasteiger partial charge in [0.25, 0.3) is 0 Å². The molecular weight excluding hydrogens is 368 g/mol. The Morgan fingerprint density at radius 3 is 2.81 bits per heavy atom. The van der Waals surface area contributed by atoms with E-state index in [1.165, 1.54) is 24.6 Å². The van der Waals surface area contributed by atoms with E-state index in [1.807, 2.05) is 22.8 Å². The van der Waals surface area contributed by atoms with Crippen molar-refractivity contribution in [2.45, 2.75) is 23.8 Å². The first kappa shape index (κ1) is 16.4. The van der Waals surface area contributed by atoms with Crippen LogP contribution in [-0.4, -0.2) is 51.2 Å². The van der Waals surface area contributed by atoms with Gasteiger partial charge >= 0.3 is 6.01 Å². The number of anilines is 1. The quantitative estimate of drug-likeness (QED) is 0.613. The van der Waals surface area contributed by atoms with Crippen LogP contribution in [0, 0.1) is 0 Å². The summed E-state index contributed by atoms with van der Waals surface area (Å²) in [7, 11) is 0. The number of nitrogens with zero attached hydrogens (tertiary/aromatic N) is 6. The van der Waals surface area contributed by atoms with Crippen LogP contribution in [0.3, 0.4) is 0 Å². The molecule has 0 radical (unpaired) electrons. The Hall–Kier alpha value is -2.75. The van der Waals surface area contributed by atoms with Gasteiger partial charge in [0.2, 0.25) is 0 Å². The van der Waals surface area contributed by atoms with Crippen LogP contribution in [0.2, 0.25) is 0 Å². The Morgan fingerprint density at radius 1 is 1.07 bits per heavy atom. The molecule has 0 spiro atoms. The fourth-order valence-corrected chi connectivity index (χ4v) is 3.92. The summed E-state index contributed by atoms with van der Waals surface area (Å²) in [5, 5.41) is 13.1. The Balaban J connectivity index is 1.30. The topological polar surface area (TPSA) is 91.3 Å². The first-order valence-corrected chi connectivity index (χ1v) is 9.86. The normalized spacial score (nSPS) is 16.1. The van der Waals surface area contributed by atoms with Crippen LogP contribution >= 0.6 is 11.8 Å². The maximum atomic E-state index is 5.66. The maximum Gasteiger partial charge on any atom is 0.324 e. The lowest BCUT2D eigenvalue weighted by Gasteiger charge is -2.19. The molecule has 0 aliphatic carbocycles. The second-order valence-electron chi connectivity index (χ2n) is 6.29. The van der Waals surface area contributed by atoms with Gasteiger partial charge in [-0.25, -0.2) is 0 Å². The van der Waals surface area contributed by atoms with Crippen molar-refractivity contribution in [1.82, 2.24) is 24.9 Å². The smallest absolute Gasteiger partial charge is 0.324 e. The van der Waals surface area contributed by atoms with E-state index in [4.69, 9.17) is 14.0 Å². The monoisotopic (exact) mass is 386 g/mol. The number of aromatic nitrogens is 5. The number of fused-ring (bicyclic) bond motifs is 1. The fraction of sp³-hybridized carbons (Fsp3) is 0.412. The van der Waals surface area contributed by atoms with Gasteiger partial charge in [0.05, 0.1) is 11.4 Å². The van der Waals surface area contributed by atoms with E-state index in [0.717, 1.165) is 35.4 Å². The van der Waals surface area contributed by atoms with Crippen LogP contribution in [0.25, 0.3) is 5.69 Å². The molecule has 0 amide bonds. The third-order valence-corrected chi connectivity index (χ3v) is 5.42. The molecule has 4 heterocycles. The molecule has 0 atom stereocenters. The molecule has 9 nitrogen and oxygen atoms in total. The van der Waals surface area contributed by atoms with Crippen LogP contribution < -0.4 is 14.4 Å². The zero-order valence-corrected chi connectivity index (χ0v) is 15.4. The van der Waals surface area contributed by atoms with E-state index in [-0.39, 0.29) is 0 Å². The minimum absolute atomic E-state index is 0.553. The molecule has 10 heteroatoms. The number of thioether (sulfide) groups is 1. The first-order chi connectivity index (χ1) is 13.4. The van der Waals surface area contributed by atoms with E-state index >= 15 is 0 Å². The SMILES string of the molecule is c1cc2c(cc1-n1cnnc1SCc1noc(N3CCCC3)n1)OCCO2. The number of hydrogen-bond donors (Lipinski definition) is 0. The van der Waals surface area contributed by atoms with Crippen LogP contribution in [-0.2, 0) is 5.75 Å². The third-order valence-electron chi connectivity index (χ3n) is 4.48. The van der Waals surface area contributed by atoms with Crippen LogP contribution in [0.1, 0.15) is 18.7 Å². The summed E-state index contributed by atoms with van der Waals surface area (Å²) in [5.74, 6) is 2.70. The number of rotatable bonds is 5. The number of benzene rings is 1. The zero-order chi connectivity index (χ0) is 18.1. The average Bonchev–Trinajstić information content (AvgIpc) is 3.47. The van der Waals surface area contributed by atoms with Gasteiger partial charge in [0.15, 0.2) is 22.5 Å². The Bertz CT molecular complexity index is 936. The molecular formula is C17H18N6O3S. The molecule has 5 rings (SSSR count). The standard InChI is InChI=1S/C17H18N6O3S/c1-2-6-22(5-1)16-19-15(21-26-16)10-27-17-20-18-11-23(17)12-3-4-13-14(9-12)25-8-7-24-13/h3-4,9,11H,1-2,5-8,10H2. The van der Waals surface area contributed by atoms with E-state index in [2.05, 4.69) is 25.2 Å². The Kier molecular flexibility index (Phi) is 4.32. The lowest BCUT2D eigenvalue weighted by molar-refractivity contribution is 0.171. The van der Waals surface area contributed by atoms with Gasteiger partial charge < -0.3 is 18.9 Å². The fourth-order valence-electron chi connectivity index (χ4n) is 3.15. The summed E-state index contributed by atoms with van der Waals surface area (Å²) in [4.78, 5) is 6.61. The van der Waals surface area contributed by atoms with Gasteiger partial charge in [0, 0.05) is 19.2 Å². The Morgan fingerprint density at radius 2 is 1.93 bits per heavy atom. The molecule has 0 saturated carbocycles. The molecule has 2 aromatic heterocycles. The van der Waals surface area contributed by atoms with Gasteiger partial charge in [-0.15, -0.1) is 10.2 Å². The molecule has 27 heavy (non-hydrogen) atoms. The summed E-state index contributed by atoms with van der Waals surface area (Å²) in [6.07, 6.45) is 4.02. The second-order valence-corrected chi connectivity index (χ2v) is 7.23. The maximum absolute atomic E-state index is 5.66. The molecule has 2 aliphatic rings. The highest BCUT2D eigenvalue weighted by molar-refractivity contribution is 7.98. The first-order valence-electron chi connectivity index (χ1n) is 8.87. The van der Waals surface area contributed by atoms with Crippen molar-refractivity contribution in [1.29, 1.82) is 0 Å². The highest BCUT2D eigenvalue weighted by Gasteiger charge is 2.19. The summed E-state index contributed by atoms with van der Waals surface area (Å²) < 4.78 is 18.5. The van der Waals surface area contributed by atoms with Crippen molar-refractivity contribution in [3.05, 3.63) is 30.4 Å². The molecule has 1 fully saturated rings. The molecule has 1 saturated heterocycles. The van der Waals surface area contributed by atoms with Crippen LogP contribution in [0.15, 0.2) is 34.2 Å². The van der Waals surface area contributed by atoms with E-state index in [1.54, 1.807) is 6.33 Å². The minimum atomic E-state index is 0.553. The van der Waals surface area contributed by atoms with Crippen LogP contribution in [0.5, 0.6) is 11.5 Å². The summed E-state index contributed by atoms with van der Waals surface area (Å²) in [6, 6.07) is 6.40. The van der Waals surface area contributed by atoms with Crippen molar-refractivity contribution in [2.24, 2.45) is 0 Å². The molecule has 0 bridgehead atoms. The predicted octanol–water partition coefficient (Wildman–Crippen LogP) is 2.31. The summed E-state index contributed by atoms with van der Waals surface area (Å²) in [5.41, 5.74) is 0.914. The van der Waals surface area contributed by atoms with Crippen LogP contribution in [0.4, 0.5) is 6.01 Å². The lowest BCUT2D eigenvalue weighted by atomic mass is 10.2. The second kappa shape index (κ2) is 7.10. The van der Waals surface area contributed by atoms with Crippen molar-refractivity contribution in [3.8, 4) is 17.2 Å². The predicted molar refractivity (Wildman–Crippen MR) is 97.7 cm³/mol. The summed E-state index contributed by atoms with van der Waals surface area (Å²) in [6.45, 7) is 3.09. The van der Waals surface area contributed by atoms with Crippen molar-refractivity contribution >= 4 is 17.8 Å². The van der Waals surface area contributed by atoms with E-state index in [0.29, 0.717) is 30.8 Å². The Labute approximate surface area is 159 Å².